The molecule has 0 saturated carbocycles. The molecule has 0 radical (unpaired) electrons. The Morgan fingerprint density at radius 2 is 2.25 bits per heavy atom. The Kier molecular flexibility index (Phi) is 3.45. The van der Waals surface area contributed by atoms with Crippen molar-refractivity contribution >= 4 is 5.69 Å². The van der Waals surface area contributed by atoms with Gasteiger partial charge in [-0.1, -0.05) is 19.4 Å². The number of ether oxygens (including phenoxy) is 1. The molecule has 2 heteroatoms. The Hall–Kier alpha value is -1.18. The number of anilines is 1. The molecule has 66 valence electrons. The predicted octanol–water partition coefficient (Wildman–Crippen LogP) is 2.45. The fraction of sp³-hybridized carbons (Fsp3) is 0.400. The van der Waals surface area contributed by atoms with Crippen LogP contribution in [0.3, 0.4) is 0 Å². The van der Waals surface area contributed by atoms with Crippen molar-refractivity contribution in [2.75, 3.05) is 12.3 Å². The predicted molar refractivity (Wildman–Crippen MR) is 51.3 cm³/mol. The van der Waals surface area contributed by atoms with Crippen molar-refractivity contribution in [3.63, 3.8) is 0 Å². The minimum absolute atomic E-state index is 0.754. The normalized spacial score (nSPS) is 9.75. The molecular weight excluding hydrogens is 150 g/mol. The van der Waals surface area contributed by atoms with Crippen LogP contribution in [-0.4, -0.2) is 6.61 Å². The van der Waals surface area contributed by atoms with Gasteiger partial charge in [-0.15, -0.1) is 0 Å². The Morgan fingerprint density at radius 1 is 1.42 bits per heavy atom. The quantitative estimate of drug-likeness (QED) is 0.549. The summed E-state index contributed by atoms with van der Waals surface area (Å²) < 4.78 is 5.45. The van der Waals surface area contributed by atoms with Gasteiger partial charge in [0.15, 0.2) is 0 Å². The molecule has 1 aromatic rings. The summed E-state index contributed by atoms with van der Waals surface area (Å²) in [5, 5.41) is 0. The van der Waals surface area contributed by atoms with E-state index >= 15 is 0 Å². The van der Waals surface area contributed by atoms with E-state index in [1.807, 2.05) is 24.3 Å². The van der Waals surface area contributed by atoms with E-state index in [1.54, 1.807) is 0 Å². The topological polar surface area (TPSA) is 35.2 Å². The molecule has 0 aliphatic heterocycles. The number of nitrogens with two attached hydrogens (primary N) is 1. The van der Waals surface area contributed by atoms with Crippen LogP contribution in [0.1, 0.15) is 19.8 Å². The maximum absolute atomic E-state index is 5.58. The first kappa shape index (κ1) is 8.91. The van der Waals surface area contributed by atoms with Crippen LogP contribution < -0.4 is 10.5 Å². The molecular formula is C10H15NO. The zero-order chi connectivity index (χ0) is 8.81. The average molecular weight is 165 g/mol. The number of benzene rings is 1. The van der Waals surface area contributed by atoms with Gasteiger partial charge >= 0.3 is 0 Å². The van der Waals surface area contributed by atoms with Gasteiger partial charge in [0.05, 0.1) is 6.61 Å². The molecule has 2 nitrogen and oxygen atoms in total. The lowest BCUT2D eigenvalue weighted by Gasteiger charge is -2.04. The van der Waals surface area contributed by atoms with E-state index in [9.17, 15) is 0 Å². The molecule has 0 unspecified atom stereocenters. The summed E-state index contributed by atoms with van der Waals surface area (Å²) in [7, 11) is 0. The Morgan fingerprint density at radius 3 is 2.92 bits per heavy atom. The first-order valence-electron chi connectivity index (χ1n) is 4.31. The molecule has 0 saturated heterocycles. The van der Waals surface area contributed by atoms with Crippen LogP contribution >= 0.6 is 0 Å². The number of unbranched alkanes of at least 4 members (excludes halogenated alkanes) is 1. The highest BCUT2D eigenvalue weighted by atomic mass is 16.5. The van der Waals surface area contributed by atoms with Crippen molar-refractivity contribution in [3.05, 3.63) is 24.3 Å². The van der Waals surface area contributed by atoms with Crippen LogP contribution in [0.25, 0.3) is 0 Å². The van der Waals surface area contributed by atoms with Crippen LogP contribution in [0.2, 0.25) is 0 Å². The van der Waals surface area contributed by atoms with E-state index < -0.39 is 0 Å². The van der Waals surface area contributed by atoms with E-state index in [0.717, 1.165) is 30.9 Å². The van der Waals surface area contributed by atoms with Gasteiger partial charge in [-0.05, 0) is 18.6 Å². The first-order chi connectivity index (χ1) is 5.83. The maximum Gasteiger partial charge on any atom is 0.121 e. The Bertz CT molecular complexity index is 235. The van der Waals surface area contributed by atoms with Crippen molar-refractivity contribution in [3.8, 4) is 5.75 Å². The molecule has 0 aliphatic carbocycles. The summed E-state index contributed by atoms with van der Waals surface area (Å²) in [6, 6.07) is 7.52. The van der Waals surface area contributed by atoms with Gasteiger partial charge in [-0.3, -0.25) is 0 Å². The lowest BCUT2D eigenvalue weighted by Crippen LogP contribution is -1.96. The average Bonchev–Trinajstić information content (AvgIpc) is 2.05. The lowest BCUT2D eigenvalue weighted by atomic mass is 10.3. The molecule has 0 bridgehead atoms. The third kappa shape index (κ3) is 2.82. The second-order valence-corrected chi connectivity index (χ2v) is 2.77. The zero-order valence-electron chi connectivity index (χ0n) is 7.42. The third-order valence-electron chi connectivity index (χ3n) is 1.62. The number of hydrogen-bond donors (Lipinski definition) is 1. The fourth-order valence-electron chi connectivity index (χ4n) is 0.939. The summed E-state index contributed by atoms with van der Waals surface area (Å²) in [4.78, 5) is 0. The van der Waals surface area contributed by atoms with Crippen LogP contribution in [0.4, 0.5) is 5.69 Å². The van der Waals surface area contributed by atoms with Gasteiger partial charge in [0, 0.05) is 11.8 Å². The first-order valence-corrected chi connectivity index (χ1v) is 4.31. The molecule has 12 heavy (non-hydrogen) atoms. The number of nitrogen functional groups attached to an aromatic ring is 1. The van der Waals surface area contributed by atoms with Gasteiger partial charge in [0.1, 0.15) is 5.75 Å². The molecule has 0 spiro atoms. The van der Waals surface area contributed by atoms with Gasteiger partial charge in [0.2, 0.25) is 0 Å². The van der Waals surface area contributed by atoms with Crippen LogP contribution in [0.5, 0.6) is 5.75 Å². The molecule has 0 aliphatic rings. The molecule has 1 aromatic carbocycles. The van der Waals surface area contributed by atoms with Crippen LogP contribution in [-0.2, 0) is 0 Å². The van der Waals surface area contributed by atoms with E-state index in [-0.39, 0.29) is 0 Å². The highest BCUT2D eigenvalue weighted by molar-refractivity contribution is 5.43. The monoisotopic (exact) mass is 165 g/mol. The molecule has 2 N–H and O–H groups in total. The summed E-state index contributed by atoms with van der Waals surface area (Å²) >= 11 is 0. The second kappa shape index (κ2) is 4.65. The fourth-order valence-corrected chi connectivity index (χ4v) is 0.939. The summed E-state index contributed by atoms with van der Waals surface area (Å²) in [6.07, 6.45) is 2.25. The Labute approximate surface area is 73.3 Å². The standard InChI is InChI=1S/C10H15NO/c1-2-3-7-12-10-6-4-5-9(11)8-10/h4-6,8H,2-3,7,11H2,1H3. The minimum atomic E-state index is 0.754. The van der Waals surface area contributed by atoms with Crippen molar-refractivity contribution in [1.82, 2.24) is 0 Å². The minimum Gasteiger partial charge on any atom is -0.494 e. The van der Waals surface area contributed by atoms with Crippen molar-refractivity contribution in [1.29, 1.82) is 0 Å². The maximum atomic E-state index is 5.58. The summed E-state index contributed by atoms with van der Waals surface area (Å²) in [5.41, 5.74) is 6.34. The molecule has 0 atom stereocenters. The van der Waals surface area contributed by atoms with Crippen molar-refractivity contribution in [2.45, 2.75) is 19.8 Å². The van der Waals surface area contributed by atoms with Gasteiger partial charge in [0.25, 0.3) is 0 Å². The van der Waals surface area contributed by atoms with Gasteiger partial charge in [-0.25, -0.2) is 0 Å². The van der Waals surface area contributed by atoms with E-state index in [4.69, 9.17) is 10.5 Å². The van der Waals surface area contributed by atoms with Crippen LogP contribution in [0.15, 0.2) is 24.3 Å². The molecule has 0 aromatic heterocycles. The van der Waals surface area contributed by atoms with Crippen molar-refractivity contribution < 1.29 is 4.74 Å². The summed E-state index contributed by atoms with van der Waals surface area (Å²) in [6.45, 7) is 2.92. The third-order valence-corrected chi connectivity index (χ3v) is 1.62. The number of rotatable bonds is 4. The lowest BCUT2D eigenvalue weighted by molar-refractivity contribution is 0.309. The highest BCUT2D eigenvalue weighted by Crippen LogP contribution is 2.14. The Balaban J connectivity index is 2.41. The second-order valence-electron chi connectivity index (χ2n) is 2.77. The van der Waals surface area contributed by atoms with E-state index in [2.05, 4.69) is 6.92 Å². The molecule has 0 fully saturated rings. The molecule has 0 heterocycles. The van der Waals surface area contributed by atoms with E-state index in [1.165, 1.54) is 0 Å². The largest absolute Gasteiger partial charge is 0.494 e. The van der Waals surface area contributed by atoms with Gasteiger partial charge < -0.3 is 10.5 Å². The summed E-state index contributed by atoms with van der Waals surface area (Å²) in [5.74, 6) is 0.864. The number of hydrogen-bond acceptors (Lipinski definition) is 2. The SMILES string of the molecule is CCCCOc1cccc(N)c1. The van der Waals surface area contributed by atoms with Crippen molar-refractivity contribution in [2.24, 2.45) is 0 Å². The van der Waals surface area contributed by atoms with Gasteiger partial charge in [-0.2, -0.15) is 0 Å². The van der Waals surface area contributed by atoms with E-state index in [0.29, 0.717) is 0 Å². The smallest absolute Gasteiger partial charge is 0.121 e. The van der Waals surface area contributed by atoms with Crippen LogP contribution in [0, 0.1) is 0 Å². The zero-order valence-corrected chi connectivity index (χ0v) is 7.42. The molecule has 1 rings (SSSR count). The molecule has 0 amide bonds. The highest BCUT2D eigenvalue weighted by Gasteiger charge is 1.92.